The van der Waals surface area contributed by atoms with E-state index >= 15 is 0 Å². The van der Waals surface area contributed by atoms with Crippen LogP contribution in [0.15, 0.2) is 0 Å². The summed E-state index contributed by atoms with van der Waals surface area (Å²) in [7, 11) is 0. The fourth-order valence-electron chi connectivity index (χ4n) is 17.0. The predicted octanol–water partition coefficient (Wildman–Crippen LogP) is 10.8. The predicted molar refractivity (Wildman–Crippen MR) is 361 cm³/mol. The third-order valence-corrected chi connectivity index (χ3v) is 22.7. The van der Waals surface area contributed by atoms with Crippen LogP contribution >= 0.6 is 0 Å². The summed E-state index contributed by atoms with van der Waals surface area (Å²) in [5.41, 5.74) is -0.454. The highest BCUT2D eigenvalue weighted by molar-refractivity contribution is 4.96. The average molecular weight is 1420 g/mol. The number of aliphatic hydroxyl groups is 6. The lowest BCUT2D eigenvalue weighted by Gasteiger charge is -2.57. The van der Waals surface area contributed by atoms with E-state index in [1.807, 2.05) is 0 Å². The first-order valence-corrected chi connectivity index (χ1v) is 39.4. The van der Waals surface area contributed by atoms with Crippen LogP contribution < -0.4 is 0 Å². The topological polar surface area (TPSA) is 288 Å². The number of unbranched alkanes of at least 4 members (excludes halogenated alkanes) is 12. The van der Waals surface area contributed by atoms with Crippen LogP contribution in [0.4, 0.5) is 0 Å². The third-order valence-electron chi connectivity index (χ3n) is 22.7. The molecule has 0 spiro atoms. The Labute approximate surface area is 590 Å². The third kappa shape index (κ3) is 21.9. The summed E-state index contributed by atoms with van der Waals surface area (Å²) < 4.78 is 106. The van der Waals surface area contributed by atoms with Crippen molar-refractivity contribution in [3.05, 3.63) is 0 Å². The van der Waals surface area contributed by atoms with Crippen molar-refractivity contribution in [3.63, 3.8) is 0 Å². The molecule has 15 saturated heterocycles. The van der Waals surface area contributed by atoms with Crippen molar-refractivity contribution in [2.24, 2.45) is 17.8 Å². The second-order valence-electron chi connectivity index (χ2n) is 32.0. The van der Waals surface area contributed by atoms with Crippen LogP contribution in [0.3, 0.4) is 0 Å². The van der Waals surface area contributed by atoms with Crippen molar-refractivity contribution in [1.82, 2.24) is 0 Å². The van der Waals surface area contributed by atoms with E-state index in [1.54, 1.807) is 0 Å². The molecular weight excluding hydrogens is 1280 g/mol. The Morgan fingerprint density at radius 2 is 0.535 bits per heavy atom. The van der Waals surface area contributed by atoms with Gasteiger partial charge in [0.2, 0.25) is 0 Å². The molecule has 0 radical (unpaired) electrons. The molecule has 18 bridgehead atoms. The molecule has 24 nitrogen and oxygen atoms in total. The van der Waals surface area contributed by atoms with Crippen LogP contribution in [0.5, 0.6) is 0 Å². The number of ether oxygens (including phenoxy) is 18. The SMILES string of the molecule is CC(CCCCCO)C12OCCC(C)(CO1)O2.CC(CCCCO)C12OC3CC(CC(C3)O1)O2.CC(CCCCO)C12OCCC(C)(CO1)O2.CC12CCOC(CCCCCCO)(OC1)O2.OCCCCCC12OC3CC(CC(C3)O1)O2.OCCCCCCC12OC3CC(CC(C3)O1)O2. The van der Waals surface area contributed by atoms with Gasteiger partial charge in [0.25, 0.3) is 35.8 Å². The van der Waals surface area contributed by atoms with Gasteiger partial charge < -0.3 is 116 Å². The van der Waals surface area contributed by atoms with E-state index in [0.717, 1.165) is 244 Å². The highest BCUT2D eigenvalue weighted by Gasteiger charge is 2.60. The minimum absolute atomic E-state index is 0.136. The Morgan fingerprint density at radius 1 is 0.273 bits per heavy atom. The van der Waals surface area contributed by atoms with Crippen LogP contribution in [0.1, 0.15) is 273 Å². The van der Waals surface area contributed by atoms with Crippen LogP contribution in [-0.4, -0.2) is 217 Å². The molecule has 576 valence electrons. The van der Waals surface area contributed by atoms with Crippen LogP contribution in [0.2, 0.25) is 0 Å². The minimum Gasteiger partial charge on any atom is -0.396 e. The van der Waals surface area contributed by atoms with Crippen molar-refractivity contribution in [2.45, 2.75) is 380 Å². The summed E-state index contributed by atoms with van der Waals surface area (Å²) in [6, 6.07) is 0. The Kier molecular flexibility index (Phi) is 30.3. The van der Waals surface area contributed by atoms with Gasteiger partial charge >= 0.3 is 0 Å². The molecule has 15 aliphatic heterocycles. The molecule has 99 heavy (non-hydrogen) atoms. The zero-order valence-corrected chi connectivity index (χ0v) is 61.4. The molecule has 0 aromatic heterocycles. The highest BCUT2D eigenvalue weighted by atomic mass is 16.9. The van der Waals surface area contributed by atoms with Crippen LogP contribution in [0.25, 0.3) is 0 Å². The van der Waals surface area contributed by atoms with Gasteiger partial charge in [-0.05, 0) is 97.8 Å². The van der Waals surface area contributed by atoms with Gasteiger partial charge in [-0.15, -0.1) is 0 Å². The Morgan fingerprint density at radius 3 is 0.899 bits per heavy atom. The summed E-state index contributed by atoms with van der Waals surface area (Å²) in [5, 5.41) is 52.5. The summed E-state index contributed by atoms with van der Waals surface area (Å²) in [4.78, 5) is 0. The Bertz CT molecular complexity index is 2230. The lowest BCUT2D eigenvalue weighted by atomic mass is 9.87. The van der Waals surface area contributed by atoms with Gasteiger partial charge in [0.05, 0.1) is 111 Å². The van der Waals surface area contributed by atoms with Gasteiger partial charge in [0.1, 0.15) is 0 Å². The van der Waals surface area contributed by atoms with Gasteiger partial charge in [0.15, 0.2) is 0 Å². The molecule has 24 heteroatoms. The lowest BCUT2D eigenvalue weighted by Crippen LogP contribution is -2.64. The number of hydrogen-bond donors (Lipinski definition) is 6. The minimum atomic E-state index is -0.817. The highest BCUT2D eigenvalue weighted by Crippen LogP contribution is 2.52. The fraction of sp³-hybridized carbons (Fsp3) is 1.00. The molecule has 3 aliphatic carbocycles. The van der Waals surface area contributed by atoms with Gasteiger partial charge in [-0.25, -0.2) is 0 Å². The first-order valence-electron chi connectivity index (χ1n) is 39.4. The second kappa shape index (κ2) is 37.2. The number of hydrogen-bond acceptors (Lipinski definition) is 24. The van der Waals surface area contributed by atoms with Crippen LogP contribution in [0, 0.1) is 17.8 Å². The van der Waals surface area contributed by atoms with Crippen molar-refractivity contribution in [2.75, 3.05) is 79.3 Å². The van der Waals surface area contributed by atoms with Crippen molar-refractivity contribution >= 4 is 0 Å². The molecule has 3 saturated carbocycles. The van der Waals surface area contributed by atoms with Gasteiger partial charge in [-0.2, -0.15) is 0 Å². The molecule has 0 aromatic carbocycles. The van der Waals surface area contributed by atoms with E-state index in [1.165, 1.54) is 0 Å². The van der Waals surface area contributed by atoms with E-state index in [-0.39, 0.29) is 67.6 Å². The van der Waals surface area contributed by atoms with E-state index in [2.05, 4.69) is 41.5 Å². The number of aliphatic hydroxyl groups excluding tert-OH is 6. The number of rotatable bonds is 33. The second-order valence-corrected chi connectivity index (χ2v) is 32.0. The molecule has 9 unspecified atom stereocenters. The average Bonchev–Trinajstić information content (AvgIpc) is 1.75. The summed E-state index contributed by atoms with van der Waals surface area (Å²) in [5.74, 6) is -3.91. The smallest absolute Gasteiger partial charge is 0.286 e. The molecule has 18 rings (SSSR count). The first-order chi connectivity index (χ1) is 47.7. The summed E-state index contributed by atoms with van der Waals surface area (Å²) >= 11 is 0. The normalized spacial score (nSPS) is 41.6. The lowest BCUT2D eigenvalue weighted by molar-refractivity contribution is -0.509. The van der Waals surface area contributed by atoms with Gasteiger partial charge in [0, 0.05) is 154 Å². The van der Waals surface area contributed by atoms with Crippen molar-refractivity contribution in [1.29, 1.82) is 0 Å². The first kappa shape index (κ1) is 80.6. The molecule has 0 aromatic rings. The van der Waals surface area contributed by atoms with Gasteiger partial charge in [-0.1, -0.05) is 78.6 Å². The van der Waals surface area contributed by atoms with Gasteiger partial charge in [-0.3, -0.25) is 0 Å². The molecule has 18 fully saturated rings. The maximum absolute atomic E-state index is 8.82. The Balaban J connectivity index is 0.000000129. The molecular formula is C75H132O24. The molecule has 15 heterocycles. The largest absolute Gasteiger partial charge is 0.396 e. The standard InChI is InChI=1S/2C13H22O4.C13H24O4.C12H20O4.2C12H22O4/c1-9(4-2-3-5-14)13-15-10-6-11(16-13)8-12(7-10)17-13;14-6-4-2-1-3-5-13-15-10-7-11(16-13)9-12(8-10)17-13;1-11(6-4-3-5-8-14)13-15-9-7-12(2,17-13)10-16-13;13-5-3-1-2-4-12-14-9-6-10(15-12)8-11(7-9)16-12;1-10(5-3-4-7-13)12-14-8-6-11(2,16-12)9-15-12;1-11-7-9-14-12(16-11,15-10-11)6-4-2-3-5-8-13/h9-12,14H,2-8H2,1H3;10-12,14H,1-9H2;11,14H,3-10H2,1-2H3;9-11,13H,1-8H2;10,13H,3-9H2,1-2H3;13H,2-10H2,1H3. The molecule has 18 aliphatic rings. The zero-order chi connectivity index (χ0) is 70.1. The quantitative estimate of drug-likeness (QED) is 0.0333. The van der Waals surface area contributed by atoms with E-state index < -0.39 is 35.8 Å². The molecule has 6 N–H and O–H groups in total. The van der Waals surface area contributed by atoms with Crippen molar-refractivity contribution in [3.8, 4) is 0 Å². The zero-order valence-electron chi connectivity index (χ0n) is 61.4. The maximum Gasteiger partial charge on any atom is 0.286 e. The maximum atomic E-state index is 8.82. The van der Waals surface area contributed by atoms with E-state index in [9.17, 15) is 0 Å². The molecule has 0 amide bonds. The van der Waals surface area contributed by atoms with E-state index in [4.69, 9.17) is 116 Å². The van der Waals surface area contributed by atoms with Crippen molar-refractivity contribution < 1.29 is 116 Å². The number of fused-ring (bicyclic) bond motifs is 6. The monoisotopic (exact) mass is 1420 g/mol. The van der Waals surface area contributed by atoms with E-state index in [0.29, 0.717) is 88.0 Å². The van der Waals surface area contributed by atoms with Crippen LogP contribution in [-0.2, 0) is 85.3 Å². The summed E-state index contributed by atoms with van der Waals surface area (Å²) in [6.45, 7) is 18.3. The summed E-state index contributed by atoms with van der Waals surface area (Å²) in [6.07, 6.45) is 38.3. The Hall–Kier alpha value is -0.960. The fourth-order valence-corrected chi connectivity index (χ4v) is 17.0. The molecule has 9 atom stereocenters.